The number of rotatable bonds is 6. The number of ketones is 1. The molecule has 1 atom stereocenters. The fraction of sp³-hybridized carbons (Fsp3) is 0.667. The molecule has 0 aromatic carbocycles. The van der Waals surface area contributed by atoms with Crippen molar-refractivity contribution in [2.24, 2.45) is 11.0 Å². The summed E-state index contributed by atoms with van der Waals surface area (Å²) in [5, 5.41) is 15.3. The van der Waals surface area contributed by atoms with E-state index in [1.807, 2.05) is 25.8 Å². The number of hydrogen-bond acceptors (Lipinski definition) is 5. The Balaban J connectivity index is 0.00000441. The summed E-state index contributed by atoms with van der Waals surface area (Å²) in [7, 11) is 1.83. The molecule has 0 saturated carbocycles. The van der Waals surface area contributed by atoms with Crippen LogP contribution in [0.4, 0.5) is 4.79 Å². The number of nitrogens with one attached hydrogen (secondary N) is 2. The lowest BCUT2D eigenvalue weighted by Gasteiger charge is -2.16. The van der Waals surface area contributed by atoms with Gasteiger partial charge in [-0.3, -0.25) is 9.59 Å². The maximum Gasteiger partial charge on any atom is 0.405 e. The van der Waals surface area contributed by atoms with Crippen LogP contribution in [0.3, 0.4) is 0 Å². The second-order valence-electron chi connectivity index (χ2n) is 5.10. The number of amidine groups is 1. The van der Waals surface area contributed by atoms with Gasteiger partial charge in [0.1, 0.15) is 6.04 Å². The average Bonchev–Trinajstić information content (AvgIpc) is 2.78. The largest absolute Gasteiger partial charge is 0.465 e. The smallest absolute Gasteiger partial charge is 0.405 e. The molecule has 126 valence electrons. The van der Waals surface area contributed by atoms with Crippen LogP contribution in [0.2, 0.25) is 0 Å². The maximum atomic E-state index is 12.0. The maximum absolute atomic E-state index is 12.0. The molecule has 0 radical (unpaired) electrons. The van der Waals surface area contributed by atoms with Crippen LogP contribution in [0.1, 0.15) is 20.3 Å². The van der Waals surface area contributed by atoms with E-state index in [0.29, 0.717) is 5.17 Å². The lowest BCUT2D eigenvalue weighted by Crippen LogP contribution is -2.47. The van der Waals surface area contributed by atoms with Crippen LogP contribution < -0.4 is 10.7 Å². The quantitative estimate of drug-likeness (QED) is 0.480. The molecule has 10 heteroatoms. The minimum atomic E-state index is -1.33. The summed E-state index contributed by atoms with van der Waals surface area (Å²) in [5.74, 6) is -0.805. The van der Waals surface area contributed by atoms with Gasteiger partial charge in [0.15, 0.2) is 5.17 Å². The van der Waals surface area contributed by atoms with Crippen LogP contribution in [0.5, 0.6) is 0 Å². The molecule has 0 aliphatic carbocycles. The van der Waals surface area contributed by atoms with E-state index in [2.05, 4.69) is 15.8 Å². The summed E-state index contributed by atoms with van der Waals surface area (Å²) in [6, 6.07) is -1.06. The summed E-state index contributed by atoms with van der Waals surface area (Å²) in [5.41, 5.74) is 2.19. The van der Waals surface area contributed by atoms with Crippen LogP contribution >= 0.6 is 24.2 Å². The number of thioether (sulfide) groups is 1. The van der Waals surface area contributed by atoms with E-state index in [9.17, 15) is 14.4 Å². The molecule has 1 heterocycles. The second kappa shape index (κ2) is 9.52. The monoisotopic (exact) mass is 352 g/mol. The van der Waals surface area contributed by atoms with Gasteiger partial charge in [0, 0.05) is 19.3 Å². The van der Waals surface area contributed by atoms with Crippen molar-refractivity contribution in [2.45, 2.75) is 26.3 Å². The standard InChI is InChI=1S/C12H20N4O4S.ClH/c1-7(2)6-8(13-12(19)20)9(17)10(18)14-15-11-16(3)4-5-21-11;/h7-8,13H,4-6H2,1-3H3,(H,14,18)(H,19,20);1H. The van der Waals surface area contributed by atoms with E-state index >= 15 is 0 Å². The predicted octanol–water partition coefficient (Wildman–Crippen LogP) is 0.725. The lowest BCUT2D eigenvalue weighted by molar-refractivity contribution is -0.139. The zero-order valence-electron chi connectivity index (χ0n) is 12.7. The fourth-order valence-electron chi connectivity index (χ4n) is 1.76. The van der Waals surface area contributed by atoms with Gasteiger partial charge in [0.05, 0.1) is 0 Å². The van der Waals surface area contributed by atoms with Gasteiger partial charge in [0.2, 0.25) is 5.78 Å². The first kappa shape index (κ1) is 20.5. The van der Waals surface area contributed by atoms with Gasteiger partial charge in [-0.1, -0.05) is 25.6 Å². The summed E-state index contributed by atoms with van der Waals surface area (Å²) >= 11 is 1.47. The molecule has 2 amide bonds. The van der Waals surface area contributed by atoms with Crippen molar-refractivity contribution in [3.8, 4) is 0 Å². The molecule has 1 fully saturated rings. The summed E-state index contributed by atoms with van der Waals surface area (Å²) in [6.07, 6.45) is -1.08. The minimum absolute atomic E-state index is 0. The predicted molar refractivity (Wildman–Crippen MR) is 87.3 cm³/mol. The molecule has 3 N–H and O–H groups in total. The Morgan fingerprint density at radius 1 is 1.41 bits per heavy atom. The van der Waals surface area contributed by atoms with Gasteiger partial charge >= 0.3 is 12.0 Å². The van der Waals surface area contributed by atoms with Crippen molar-refractivity contribution in [1.82, 2.24) is 15.6 Å². The summed E-state index contributed by atoms with van der Waals surface area (Å²) < 4.78 is 0. The van der Waals surface area contributed by atoms with Gasteiger partial charge in [-0.15, -0.1) is 17.5 Å². The molecular weight excluding hydrogens is 332 g/mol. The first-order valence-electron chi connectivity index (χ1n) is 6.56. The molecule has 22 heavy (non-hydrogen) atoms. The van der Waals surface area contributed by atoms with E-state index < -0.39 is 23.8 Å². The SMILES string of the molecule is CC(C)CC(NC(=O)O)C(=O)C(=O)NN=C1SCCN1C.Cl. The van der Waals surface area contributed by atoms with E-state index in [1.165, 1.54) is 11.8 Å². The van der Waals surface area contributed by atoms with E-state index in [4.69, 9.17) is 5.11 Å². The van der Waals surface area contributed by atoms with Gasteiger partial charge in [-0.05, 0) is 12.3 Å². The van der Waals surface area contributed by atoms with Crippen molar-refractivity contribution in [3.05, 3.63) is 0 Å². The first-order chi connectivity index (χ1) is 9.81. The Labute approximate surface area is 139 Å². The van der Waals surface area contributed by atoms with Crippen molar-refractivity contribution in [1.29, 1.82) is 0 Å². The molecule has 0 aromatic rings. The third-order valence-corrected chi connectivity index (χ3v) is 3.83. The number of hydrazone groups is 1. The third-order valence-electron chi connectivity index (χ3n) is 2.78. The van der Waals surface area contributed by atoms with Gasteiger partial charge in [0.25, 0.3) is 0 Å². The van der Waals surface area contributed by atoms with Crippen molar-refractivity contribution >= 4 is 47.1 Å². The summed E-state index contributed by atoms with van der Waals surface area (Å²) in [4.78, 5) is 36.3. The molecule has 1 unspecified atom stereocenters. The molecule has 1 aliphatic rings. The van der Waals surface area contributed by atoms with Crippen LogP contribution in [0.25, 0.3) is 0 Å². The number of nitrogens with zero attached hydrogens (tertiary/aromatic N) is 2. The summed E-state index contributed by atoms with van der Waals surface area (Å²) in [6.45, 7) is 4.50. The molecule has 0 bridgehead atoms. The number of hydrogen-bond donors (Lipinski definition) is 3. The Morgan fingerprint density at radius 2 is 2.05 bits per heavy atom. The number of Topliss-reactive ketones (excluding diaryl/α,β-unsaturated/α-hetero) is 1. The van der Waals surface area contributed by atoms with Gasteiger partial charge < -0.3 is 15.3 Å². The Bertz CT molecular complexity index is 458. The highest BCUT2D eigenvalue weighted by Gasteiger charge is 2.28. The van der Waals surface area contributed by atoms with Crippen LogP contribution in [-0.2, 0) is 9.59 Å². The second-order valence-corrected chi connectivity index (χ2v) is 6.16. The molecule has 0 aromatic heterocycles. The van der Waals surface area contributed by atoms with Crippen LogP contribution in [-0.4, -0.2) is 58.3 Å². The zero-order chi connectivity index (χ0) is 16.0. The van der Waals surface area contributed by atoms with E-state index in [0.717, 1.165) is 12.3 Å². The molecule has 1 aliphatic heterocycles. The highest BCUT2D eigenvalue weighted by molar-refractivity contribution is 8.14. The molecule has 1 saturated heterocycles. The van der Waals surface area contributed by atoms with Crippen LogP contribution in [0, 0.1) is 5.92 Å². The molecule has 1 rings (SSSR count). The Morgan fingerprint density at radius 3 is 2.50 bits per heavy atom. The minimum Gasteiger partial charge on any atom is -0.465 e. The highest BCUT2D eigenvalue weighted by Crippen LogP contribution is 2.14. The number of carbonyl (C=O) groups is 3. The normalized spacial score (nSPS) is 17.1. The van der Waals surface area contributed by atoms with Crippen molar-refractivity contribution < 1.29 is 19.5 Å². The van der Waals surface area contributed by atoms with Crippen molar-refractivity contribution in [2.75, 3.05) is 19.3 Å². The fourth-order valence-corrected chi connectivity index (χ4v) is 2.73. The number of halogens is 1. The molecule has 8 nitrogen and oxygen atoms in total. The van der Waals surface area contributed by atoms with Gasteiger partial charge in [-0.2, -0.15) is 0 Å². The van der Waals surface area contributed by atoms with Gasteiger partial charge in [-0.25, -0.2) is 10.2 Å². The topological polar surface area (TPSA) is 111 Å². The molecule has 0 spiro atoms. The zero-order valence-corrected chi connectivity index (χ0v) is 14.3. The first-order valence-corrected chi connectivity index (χ1v) is 7.55. The average molecular weight is 353 g/mol. The Kier molecular flexibility index (Phi) is 8.88. The molecular formula is C12H21ClN4O4S. The number of carboxylic acid groups (broad SMARTS) is 1. The lowest BCUT2D eigenvalue weighted by atomic mass is 10.00. The van der Waals surface area contributed by atoms with Crippen molar-refractivity contribution in [3.63, 3.8) is 0 Å². The number of amides is 2. The van der Waals surface area contributed by atoms with E-state index in [-0.39, 0.29) is 24.7 Å². The van der Waals surface area contributed by atoms with Crippen LogP contribution in [0.15, 0.2) is 5.10 Å². The highest BCUT2D eigenvalue weighted by atomic mass is 35.5. The third kappa shape index (κ3) is 6.52. The number of carbonyl (C=O) groups excluding carboxylic acids is 2. The Hall–Kier alpha value is -1.48. The van der Waals surface area contributed by atoms with E-state index in [1.54, 1.807) is 0 Å².